The first-order valence-electron chi connectivity index (χ1n) is 6.65. The van der Waals surface area contributed by atoms with Crippen LogP contribution in [0.1, 0.15) is 32.3 Å². The zero-order valence-electron chi connectivity index (χ0n) is 13.0. The lowest BCUT2D eigenvalue weighted by atomic mass is 10.2. The highest BCUT2D eigenvalue weighted by Gasteiger charge is 2.38. The number of rotatable bonds is 7. The highest BCUT2D eigenvalue weighted by atomic mass is 31.2. The summed E-state index contributed by atoms with van der Waals surface area (Å²) in [5, 5.41) is -0.136. The molecule has 1 aromatic heterocycles. The van der Waals surface area contributed by atoms with Crippen molar-refractivity contribution in [2.75, 3.05) is 20.3 Å². The molecule has 0 unspecified atom stereocenters. The van der Waals surface area contributed by atoms with Crippen LogP contribution in [0.4, 0.5) is 0 Å². The summed E-state index contributed by atoms with van der Waals surface area (Å²) in [6, 6.07) is 3.44. The minimum Gasteiger partial charge on any atom is -0.465 e. The molecule has 21 heavy (non-hydrogen) atoms. The predicted molar refractivity (Wildman–Crippen MR) is 78.9 cm³/mol. The van der Waals surface area contributed by atoms with E-state index < -0.39 is 13.6 Å². The summed E-state index contributed by atoms with van der Waals surface area (Å²) in [5.74, 6) is 0.343. The monoisotopic (exact) mass is 316 g/mol. The maximum absolute atomic E-state index is 12.9. The van der Waals surface area contributed by atoms with E-state index in [4.69, 9.17) is 18.2 Å². The predicted octanol–water partition coefficient (Wildman–Crippen LogP) is 3.76. The molecule has 7 heteroatoms. The molecule has 1 rings (SSSR count). The van der Waals surface area contributed by atoms with Crippen molar-refractivity contribution in [3.63, 3.8) is 0 Å². The average molecular weight is 316 g/mol. The highest BCUT2D eigenvalue weighted by molar-refractivity contribution is 7.60. The number of allylic oxidation sites excluding steroid dienone is 1. The van der Waals surface area contributed by atoms with Crippen LogP contribution in [-0.4, -0.2) is 26.3 Å². The van der Waals surface area contributed by atoms with Gasteiger partial charge >= 0.3 is 13.6 Å². The molecule has 1 aromatic rings. The van der Waals surface area contributed by atoms with Gasteiger partial charge in [-0.2, -0.15) is 0 Å². The maximum Gasteiger partial charge on any atom is 0.369 e. The fourth-order valence-electron chi connectivity index (χ4n) is 1.83. The van der Waals surface area contributed by atoms with Crippen molar-refractivity contribution < 1.29 is 27.6 Å². The number of esters is 1. The van der Waals surface area contributed by atoms with Crippen molar-refractivity contribution in [3.05, 3.63) is 29.0 Å². The van der Waals surface area contributed by atoms with Crippen LogP contribution in [0.5, 0.6) is 0 Å². The first kappa shape index (κ1) is 17.7. The number of methoxy groups -OCH3 is 1. The van der Waals surface area contributed by atoms with Gasteiger partial charge in [-0.15, -0.1) is 0 Å². The Morgan fingerprint density at radius 1 is 1.24 bits per heavy atom. The number of hydrogen-bond donors (Lipinski definition) is 0. The Labute approximate surface area is 124 Å². The van der Waals surface area contributed by atoms with E-state index in [1.54, 1.807) is 39.8 Å². The molecule has 0 saturated carbocycles. The molecule has 0 aliphatic heterocycles. The van der Waals surface area contributed by atoms with Gasteiger partial charge < -0.3 is 18.2 Å². The van der Waals surface area contributed by atoms with E-state index >= 15 is 0 Å². The lowest BCUT2D eigenvalue weighted by Gasteiger charge is -2.20. The SMILES string of the molecule is CCOP(=O)(OCC)/C(C(=O)OC)=C(/C)c1ccc(C)o1. The zero-order valence-corrected chi connectivity index (χ0v) is 13.9. The Bertz CT molecular complexity index is 562. The summed E-state index contributed by atoms with van der Waals surface area (Å²) in [6.07, 6.45) is 0. The summed E-state index contributed by atoms with van der Waals surface area (Å²) in [7, 11) is -2.56. The highest BCUT2D eigenvalue weighted by Crippen LogP contribution is 2.58. The molecule has 0 aromatic carbocycles. The van der Waals surface area contributed by atoms with Crippen molar-refractivity contribution in [3.8, 4) is 0 Å². The van der Waals surface area contributed by atoms with Crippen LogP contribution in [0, 0.1) is 6.92 Å². The van der Waals surface area contributed by atoms with Crippen LogP contribution >= 0.6 is 7.60 Å². The molecule has 0 amide bonds. The van der Waals surface area contributed by atoms with Gasteiger partial charge in [0.2, 0.25) is 0 Å². The summed E-state index contributed by atoms with van der Waals surface area (Å²) in [5.41, 5.74) is 0.375. The largest absolute Gasteiger partial charge is 0.465 e. The molecule has 0 fully saturated rings. The molecular weight excluding hydrogens is 295 g/mol. The maximum atomic E-state index is 12.9. The molecule has 0 N–H and O–H groups in total. The van der Waals surface area contributed by atoms with Gasteiger partial charge in [-0.3, -0.25) is 4.57 Å². The van der Waals surface area contributed by atoms with E-state index in [1.165, 1.54) is 7.11 Å². The van der Waals surface area contributed by atoms with Crippen LogP contribution < -0.4 is 0 Å². The molecule has 118 valence electrons. The van der Waals surface area contributed by atoms with E-state index in [-0.39, 0.29) is 18.5 Å². The van der Waals surface area contributed by atoms with Gasteiger partial charge in [0.1, 0.15) is 11.5 Å². The first-order valence-corrected chi connectivity index (χ1v) is 8.19. The summed E-state index contributed by atoms with van der Waals surface area (Å²) >= 11 is 0. The van der Waals surface area contributed by atoms with Crippen molar-refractivity contribution in [2.45, 2.75) is 27.7 Å². The second-order valence-corrected chi connectivity index (χ2v) is 6.17. The lowest BCUT2D eigenvalue weighted by molar-refractivity contribution is -0.135. The molecule has 0 saturated heterocycles. The fraction of sp³-hybridized carbons (Fsp3) is 0.500. The van der Waals surface area contributed by atoms with Gasteiger partial charge in [-0.05, 0) is 39.8 Å². The summed E-state index contributed by atoms with van der Waals surface area (Å²) < 4.78 is 33.6. The second kappa shape index (κ2) is 7.59. The fourth-order valence-corrected chi connectivity index (χ4v) is 3.67. The minimum absolute atomic E-state index is 0.136. The third-order valence-electron chi connectivity index (χ3n) is 2.72. The summed E-state index contributed by atoms with van der Waals surface area (Å²) in [4.78, 5) is 12.1. The van der Waals surface area contributed by atoms with Crippen molar-refractivity contribution >= 4 is 19.1 Å². The Hall–Kier alpha value is -1.36. The van der Waals surface area contributed by atoms with Gasteiger partial charge in [0, 0.05) is 5.57 Å². The standard InChI is InChI=1S/C14H21O6P/c1-6-18-21(16,19-7-2)13(14(15)17-5)11(4)12-9-8-10(3)20-12/h8-9H,6-7H2,1-5H3/b13-11-. The molecule has 0 bridgehead atoms. The van der Waals surface area contributed by atoms with E-state index in [9.17, 15) is 9.36 Å². The van der Waals surface area contributed by atoms with Crippen molar-refractivity contribution in [1.82, 2.24) is 0 Å². The van der Waals surface area contributed by atoms with Crippen LogP contribution in [0.2, 0.25) is 0 Å². The van der Waals surface area contributed by atoms with Gasteiger partial charge in [0.25, 0.3) is 0 Å². The van der Waals surface area contributed by atoms with E-state index in [1.807, 2.05) is 0 Å². The molecule has 0 atom stereocenters. The third-order valence-corrected chi connectivity index (χ3v) is 4.98. The molecular formula is C14H21O6P. The zero-order chi connectivity index (χ0) is 16.0. The Morgan fingerprint density at radius 2 is 1.81 bits per heavy atom. The lowest BCUT2D eigenvalue weighted by Crippen LogP contribution is -2.11. The number of carbonyl (C=O) groups is 1. The topological polar surface area (TPSA) is 75.0 Å². The molecule has 0 aliphatic rings. The second-order valence-electron chi connectivity index (χ2n) is 4.21. The van der Waals surface area contributed by atoms with Gasteiger partial charge in [-0.25, -0.2) is 4.79 Å². The number of hydrogen-bond acceptors (Lipinski definition) is 6. The van der Waals surface area contributed by atoms with Gasteiger partial charge in [-0.1, -0.05) is 0 Å². The van der Waals surface area contributed by atoms with Crippen LogP contribution in [0.3, 0.4) is 0 Å². The number of furan rings is 1. The minimum atomic E-state index is -3.77. The Kier molecular flexibility index (Phi) is 6.40. The quantitative estimate of drug-likeness (QED) is 0.433. The van der Waals surface area contributed by atoms with E-state index in [0.717, 1.165) is 0 Å². The van der Waals surface area contributed by atoms with Crippen molar-refractivity contribution in [2.24, 2.45) is 0 Å². The molecule has 0 aliphatic carbocycles. The van der Waals surface area contributed by atoms with Gasteiger partial charge in [0.05, 0.1) is 20.3 Å². The van der Waals surface area contributed by atoms with Gasteiger partial charge in [0.15, 0.2) is 5.31 Å². The Morgan fingerprint density at radius 3 is 2.19 bits per heavy atom. The van der Waals surface area contributed by atoms with Crippen LogP contribution in [-0.2, 0) is 23.1 Å². The first-order chi connectivity index (χ1) is 9.89. The van der Waals surface area contributed by atoms with Crippen LogP contribution in [0.15, 0.2) is 21.9 Å². The average Bonchev–Trinajstić information content (AvgIpc) is 2.85. The van der Waals surface area contributed by atoms with Crippen molar-refractivity contribution in [1.29, 1.82) is 0 Å². The molecule has 6 nitrogen and oxygen atoms in total. The number of ether oxygens (including phenoxy) is 1. The number of aryl methyl sites for hydroxylation is 1. The summed E-state index contributed by atoms with van der Waals surface area (Å²) in [6.45, 7) is 7.03. The van der Waals surface area contributed by atoms with Crippen LogP contribution in [0.25, 0.3) is 5.57 Å². The molecule has 0 radical (unpaired) electrons. The normalized spacial score (nSPS) is 13.0. The Balaban J connectivity index is 3.46. The molecule has 1 heterocycles. The smallest absolute Gasteiger partial charge is 0.369 e. The van der Waals surface area contributed by atoms with E-state index in [0.29, 0.717) is 17.1 Å². The molecule has 0 spiro atoms. The number of carbonyl (C=O) groups excluding carboxylic acids is 1. The third kappa shape index (κ3) is 4.06. The van der Waals surface area contributed by atoms with E-state index in [2.05, 4.69) is 0 Å².